The van der Waals surface area contributed by atoms with Crippen molar-refractivity contribution >= 4 is 12.0 Å². The van der Waals surface area contributed by atoms with Gasteiger partial charge >= 0.3 is 5.97 Å². The Morgan fingerprint density at radius 2 is 2.36 bits per heavy atom. The molecule has 0 amide bonds. The average molecular weight is 157 g/mol. The lowest BCUT2D eigenvalue weighted by atomic mass is 10.3. The number of hydrogen-bond donors (Lipinski definition) is 0. The Labute approximate surface area is 65.3 Å². The third kappa shape index (κ3) is 6.74. The predicted octanol–water partition coefficient (Wildman–Crippen LogP) is 0.665. The van der Waals surface area contributed by atoms with E-state index in [4.69, 9.17) is 0 Å². The molecule has 0 heterocycles. The van der Waals surface area contributed by atoms with Gasteiger partial charge < -0.3 is 4.74 Å². The van der Waals surface area contributed by atoms with E-state index in [-0.39, 0.29) is 19.1 Å². The number of carbonyl (C=O) groups excluding carboxylic acids is 2. The van der Waals surface area contributed by atoms with Crippen molar-refractivity contribution in [1.29, 1.82) is 0 Å². The highest BCUT2D eigenvalue weighted by Crippen LogP contribution is 1.90. The molecule has 4 heteroatoms. The molecule has 0 aliphatic rings. The third-order valence-electron chi connectivity index (χ3n) is 0.985. The quantitative estimate of drug-likeness (QED) is 0.255. The summed E-state index contributed by atoms with van der Waals surface area (Å²) in [6.07, 6.45) is 2.55. The molecule has 0 radical (unpaired) electrons. The fraction of sp³-hybridized carbons (Fsp3) is 0.714. The second kappa shape index (κ2) is 6.96. The zero-order chi connectivity index (χ0) is 8.53. The van der Waals surface area contributed by atoms with Gasteiger partial charge in [0.25, 0.3) is 0 Å². The molecule has 11 heavy (non-hydrogen) atoms. The lowest BCUT2D eigenvalue weighted by molar-refractivity contribution is -0.143. The number of ether oxygens (including phenoxy) is 1. The zero-order valence-electron chi connectivity index (χ0n) is 6.50. The van der Waals surface area contributed by atoms with Crippen LogP contribution in [0.1, 0.15) is 19.8 Å². The Kier molecular flexibility index (Phi) is 6.24. The monoisotopic (exact) mass is 157 g/mol. The van der Waals surface area contributed by atoms with Crippen molar-refractivity contribution in [1.82, 2.24) is 0 Å². The van der Waals surface area contributed by atoms with Crippen LogP contribution in [-0.2, 0) is 14.3 Å². The molecule has 0 unspecified atom stereocenters. The van der Waals surface area contributed by atoms with E-state index < -0.39 is 0 Å². The largest absolute Gasteiger partial charge is 0.464 e. The van der Waals surface area contributed by atoms with Gasteiger partial charge in [-0.1, -0.05) is 6.92 Å². The van der Waals surface area contributed by atoms with Crippen molar-refractivity contribution in [3.63, 3.8) is 0 Å². The summed E-state index contributed by atoms with van der Waals surface area (Å²) in [6, 6.07) is 0. The number of nitrogens with zero attached hydrogens (tertiary/aromatic N) is 1. The summed E-state index contributed by atoms with van der Waals surface area (Å²) in [6.45, 7) is 2.28. The molecule has 0 aromatic heterocycles. The van der Waals surface area contributed by atoms with Crippen LogP contribution in [0.3, 0.4) is 0 Å². The molecule has 62 valence electrons. The molecule has 0 aliphatic carbocycles. The standard InChI is InChI=1S/C7H11NO3/c1-2-3-7(10)11-5-4-8-6-9/h2-5H2,1H3. The number of rotatable bonds is 5. The Morgan fingerprint density at radius 1 is 1.64 bits per heavy atom. The van der Waals surface area contributed by atoms with Gasteiger partial charge in [-0.05, 0) is 6.42 Å². The van der Waals surface area contributed by atoms with Crippen molar-refractivity contribution in [2.45, 2.75) is 19.8 Å². The number of isocyanates is 1. The van der Waals surface area contributed by atoms with Crippen molar-refractivity contribution in [2.75, 3.05) is 13.2 Å². The summed E-state index contributed by atoms with van der Waals surface area (Å²) in [4.78, 5) is 23.4. The zero-order valence-corrected chi connectivity index (χ0v) is 6.50. The lowest BCUT2D eigenvalue weighted by Gasteiger charge is -1.98. The van der Waals surface area contributed by atoms with Crippen molar-refractivity contribution < 1.29 is 14.3 Å². The highest BCUT2D eigenvalue weighted by atomic mass is 16.5. The third-order valence-corrected chi connectivity index (χ3v) is 0.985. The molecule has 0 rings (SSSR count). The van der Waals surface area contributed by atoms with Gasteiger partial charge in [0, 0.05) is 6.42 Å². The highest BCUT2D eigenvalue weighted by Gasteiger charge is 1.97. The maximum Gasteiger partial charge on any atom is 0.305 e. The first-order valence-electron chi connectivity index (χ1n) is 3.50. The SMILES string of the molecule is CCCC(=O)OCCN=C=O. The topological polar surface area (TPSA) is 55.7 Å². The maximum atomic E-state index is 10.6. The maximum absolute atomic E-state index is 10.6. The summed E-state index contributed by atoms with van der Waals surface area (Å²) >= 11 is 0. The molecule has 0 aliphatic heterocycles. The number of hydrogen-bond acceptors (Lipinski definition) is 4. The second-order valence-electron chi connectivity index (χ2n) is 1.94. The van der Waals surface area contributed by atoms with E-state index in [1.165, 1.54) is 6.08 Å². The minimum absolute atomic E-state index is 0.175. The molecule has 0 aromatic rings. The van der Waals surface area contributed by atoms with Crippen LogP contribution in [0.25, 0.3) is 0 Å². The van der Waals surface area contributed by atoms with Crippen molar-refractivity contribution in [2.24, 2.45) is 4.99 Å². The smallest absolute Gasteiger partial charge is 0.305 e. The molecule has 0 saturated heterocycles. The summed E-state index contributed by atoms with van der Waals surface area (Å²) in [5.74, 6) is -0.242. The van der Waals surface area contributed by atoms with Gasteiger partial charge in [-0.2, -0.15) is 0 Å². The Hall–Kier alpha value is -1.15. The summed E-state index contributed by atoms with van der Waals surface area (Å²) < 4.78 is 4.67. The van der Waals surface area contributed by atoms with Gasteiger partial charge in [-0.15, -0.1) is 0 Å². The van der Waals surface area contributed by atoms with Crippen LogP contribution in [0.5, 0.6) is 0 Å². The minimum atomic E-state index is -0.242. The average Bonchev–Trinajstić information content (AvgIpc) is 1.99. The van der Waals surface area contributed by atoms with Gasteiger partial charge in [-0.25, -0.2) is 9.79 Å². The molecule has 4 nitrogen and oxygen atoms in total. The summed E-state index contributed by atoms with van der Waals surface area (Å²) in [5, 5.41) is 0. The van der Waals surface area contributed by atoms with Crippen LogP contribution in [0.15, 0.2) is 4.99 Å². The summed E-state index contributed by atoms with van der Waals surface area (Å²) in [7, 11) is 0. The fourth-order valence-corrected chi connectivity index (χ4v) is 0.527. The van der Waals surface area contributed by atoms with Crippen LogP contribution in [-0.4, -0.2) is 25.2 Å². The van der Waals surface area contributed by atoms with Crippen LogP contribution in [0.4, 0.5) is 0 Å². The molecule has 0 saturated carbocycles. The van der Waals surface area contributed by atoms with Crippen LogP contribution in [0, 0.1) is 0 Å². The van der Waals surface area contributed by atoms with E-state index in [0.29, 0.717) is 6.42 Å². The van der Waals surface area contributed by atoms with Crippen molar-refractivity contribution in [3.05, 3.63) is 0 Å². The van der Waals surface area contributed by atoms with Gasteiger partial charge in [-0.3, -0.25) is 4.79 Å². The van der Waals surface area contributed by atoms with E-state index in [9.17, 15) is 9.59 Å². The Bertz CT molecular complexity index is 161. The van der Waals surface area contributed by atoms with Gasteiger partial charge in [0.2, 0.25) is 6.08 Å². The van der Waals surface area contributed by atoms with Gasteiger partial charge in [0.15, 0.2) is 0 Å². The molecule has 0 fully saturated rings. The van der Waals surface area contributed by atoms with E-state index in [1.807, 2.05) is 6.92 Å². The van der Waals surface area contributed by atoms with Crippen LogP contribution < -0.4 is 0 Å². The number of esters is 1. The number of carbonyl (C=O) groups is 1. The molecular weight excluding hydrogens is 146 g/mol. The molecular formula is C7H11NO3. The van der Waals surface area contributed by atoms with Gasteiger partial charge in [0.1, 0.15) is 6.61 Å². The first-order valence-corrected chi connectivity index (χ1v) is 3.50. The molecule has 0 N–H and O–H groups in total. The first-order chi connectivity index (χ1) is 5.31. The van der Waals surface area contributed by atoms with Crippen LogP contribution in [0.2, 0.25) is 0 Å². The van der Waals surface area contributed by atoms with E-state index >= 15 is 0 Å². The Morgan fingerprint density at radius 3 is 2.91 bits per heavy atom. The highest BCUT2D eigenvalue weighted by molar-refractivity contribution is 5.69. The molecule has 0 bridgehead atoms. The summed E-state index contributed by atoms with van der Waals surface area (Å²) in [5.41, 5.74) is 0. The lowest BCUT2D eigenvalue weighted by Crippen LogP contribution is -2.06. The van der Waals surface area contributed by atoms with Crippen LogP contribution >= 0.6 is 0 Å². The molecule has 0 spiro atoms. The van der Waals surface area contributed by atoms with Gasteiger partial charge in [0.05, 0.1) is 6.54 Å². The molecule has 0 aromatic carbocycles. The van der Waals surface area contributed by atoms with E-state index in [1.54, 1.807) is 0 Å². The molecule has 0 atom stereocenters. The first kappa shape index (κ1) is 9.85. The van der Waals surface area contributed by atoms with E-state index in [0.717, 1.165) is 6.42 Å². The van der Waals surface area contributed by atoms with Crippen molar-refractivity contribution in [3.8, 4) is 0 Å². The Balaban J connectivity index is 3.23. The second-order valence-corrected chi connectivity index (χ2v) is 1.94. The number of aliphatic imine (C=N–C) groups is 1. The fourth-order valence-electron chi connectivity index (χ4n) is 0.527. The minimum Gasteiger partial charge on any atom is -0.464 e. The predicted molar refractivity (Wildman–Crippen MR) is 38.9 cm³/mol. The van der Waals surface area contributed by atoms with E-state index in [2.05, 4.69) is 9.73 Å². The normalized spacial score (nSPS) is 8.45.